The lowest BCUT2D eigenvalue weighted by Crippen LogP contribution is -2.59. The first kappa shape index (κ1) is 26.7. The minimum atomic E-state index is -1.01. The third-order valence-corrected chi connectivity index (χ3v) is 7.58. The lowest BCUT2D eigenvalue weighted by Gasteiger charge is -2.44. The van der Waals surface area contributed by atoms with Crippen molar-refractivity contribution >= 4 is 29.3 Å². The number of amides is 3. The molecule has 0 aliphatic carbocycles. The normalized spacial score (nSPS) is 18.2. The van der Waals surface area contributed by atoms with E-state index in [9.17, 15) is 14.4 Å². The number of halogens is 1. The lowest BCUT2D eigenvalue weighted by atomic mass is 9.96. The molecule has 1 N–H and O–H groups in total. The van der Waals surface area contributed by atoms with Crippen LogP contribution in [0.3, 0.4) is 0 Å². The van der Waals surface area contributed by atoms with Gasteiger partial charge >= 0.3 is 0 Å². The van der Waals surface area contributed by atoms with Gasteiger partial charge in [0.15, 0.2) is 0 Å². The molecule has 202 valence electrons. The minimum Gasteiger partial charge on any atom is -0.497 e. The Balaban J connectivity index is 1.37. The Morgan fingerprint density at radius 1 is 0.949 bits per heavy atom. The molecule has 2 aliphatic heterocycles. The molecule has 1 unspecified atom stereocenters. The predicted molar refractivity (Wildman–Crippen MR) is 147 cm³/mol. The number of nitrogens with one attached hydrogen (secondary N) is 1. The van der Waals surface area contributed by atoms with Gasteiger partial charge in [0.05, 0.1) is 13.7 Å². The Kier molecular flexibility index (Phi) is 7.86. The molecule has 3 aromatic carbocycles. The van der Waals surface area contributed by atoms with Crippen molar-refractivity contribution < 1.29 is 23.9 Å². The van der Waals surface area contributed by atoms with Crippen molar-refractivity contribution in [2.45, 2.75) is 31.2 Å². The summed E-state index contributed by atoms with van der Waals surface area (Å²) in [5.74, 6) is -0.166. The Morgan fingerprint density at radius 2 is 1.67 bits per heavy atom. The largest absolute Gasteiger partial charge is 0.497 e. The van der Waals surface area contributed by atoms with Gasteiger partial charge < -0.3 is 19.7 Å². The molecule has 2 aliphatic rings. The van der Waals surface area contributed by atoms with Gasteiger partial charge in [0.1, 0.15) is 17.5 Å². The fourth-order valence-corrected chi connectivity index (χ4v) is 5.33. The second-order valence-electron chi connectivity index (χ2n) is 9.68. The third kappa shape index (κ3) is 5.62. The maximum Gasteiger partial charge on any atom is 0.257 e. The summed E-state index contributed by atoms with van der Waals surface area (Å²) in [6.45, 7) is 1.17. The number of carbonyl (C=O) groups is 3. The number of hydrogen-bond donors (Lipinski definition) is 1. The van der Waals surface area contributed by atoms with Gasteiger partial charge in [-0.05, 0) is 48.0 Å². The fraction of sp³-hybridized carbons (Fsp3) is 0.300. The molecule has 9 heteroatoms. The SMILES string of the molecule is COc1cccc(C(=O)N2C(C(=O)NCc3ccccc3)COC23CCN(C(=O)c2ccc(Cl)cc2)CC3)c1. The van der Waals surface area contributed by atoms with Crippen LogP contribution in [0.5, 0.6) is 5.75 Å². The zero-order valence-corrected chi connectivity index (χ0v) is 22.4. The number of piperidine rings is 1. The van der Waals surface area contributed by atoms with Crippen LogP contribution < -0.4 is 10.1 Å². The Labute approximate surface area is 232 Å². The molecule has 2 saturated heterocycles. The first-order valence-electron chi connectivity index (χ1n) is 12.9. The van der Waals surface area contributed by atoms with Crippen LogP contribution in [-0.4, -0.2) is 66.1 Å². The van der Waals surface area contributed by atoms with Gasteiger partial charge in [0.25, 0.3) is 11.8 Å². The van der Waals surface area contributed by atoms with E-state index in [-0.39, 0.29) is 24.3 Å². The summed E-state index contributed by atoms with van der Waals surface area (Å²) < 4.78 is 11.6. The summed E-state index contributed by atoms with van der Waals surface area (Å²) in [6, 6.07) is 22.4. The standard InChI is InChI=1S/C30H30ClN3O5/c1-38-25-9-5-8-23(18-25)29(37)34-26(27(35)32-19-21-6-3-2-4-7-21)20-39-30(34)14-16-33(17-15-30)28(36)22-10-12-24(31)13-11-22/h2-13,18,26H,14-17,19-20H2,1H3,(H,32,35). The molecule has 5 rings (SSSR count). The van der Waals surface area contributed by atoms with E-state index in [1.165, 1.54) is 7.11 Å². The molecule has 0 aromatic heterocycles. The second-order valence-corrected chi connectivity index (χ2v) is 10.1. The van der Waals surface area contributed by atoms with Crippen LogP contribution >= 0.6 is 11.6 Å². The topological polar surface area (TPSA) is 88.2 Å². The highest BCUT2D eigenvalue weighted by atomic mass is 35.5. The lowest BCUT2D eigenvalue weighted by molar-refractivity contribution is -0.128. The summed E-state index contributed by atoms with van der Waals surface area (Å²) in [5.41, 5.74) is 0.898. The van der Waals surface area contributed by atoms with Gasteiger partial charge in [-0.25, -0.2) is 0 Å². The minimum absolute atomic E-state index is 0.0709. The van der Waals surface area contributed by atoms with E-state index in [0.717, 1.165) is 5.56 Å². The van der Waals surface area contributed by atoms with Crippen LogP contribution in [0.2, 0.25) is 5.02 Å². The van der Waals surface area contributed by atoms with Crippen LogP contribution in [-0.2, 0) is 16.1 Å². The number of nitrogens with zero attached hydrogens (tertiary/aromatic N) is 2. The van der Waals surface area contributed by atoms with Gasteiger partial charge in [-0.2, -0.15) is 0 Å². The summed E-state index contributed by atoms with van der Waals surface area (Å²) >= 11 is 5.98. The van der Waals surface area contributed by atoms with E-state index < -0.39 is 11.8 Å². The highest BCUT2D eigenvalue weighted by Crippen LogP contribution is 2.39. The molecule has 0 saturated carbocycles. The number of ether oxygens (including phenoxy) is 2. The van der Waals surface area contributed by atoms with Gasteiger partial charge in [-0.1, -0.05) is 48.0 Å². The molecular formula is C30H30ClN3O5. The summed E-state index contributed by atoms with van der Waals surface area (Å²) in [5, 5.41) is 3.52. The number of carbonyl (C=O) groups excluding carboxylic acids is 3. The zero-order chi connectivity index (χ0) is 27.4. The zero-order valence-electron chi connectivity index (χ0n) is 21.6. The summed E-state index contributed by atoms with van der Waals surface area (Å²) in [6.07, 6.45) is 0.759. The fourth-order valence-electron chi connectivity index (χ4n) is 5.20. The Hall–Kier alpha value is -3.88. The smallest absolute Gasteiger partial charge is 0.257 e. The molecular weight excluding hydrogens is 518 g/mol. The quantitative estimate of drug-likeness (QED) is 0.501. The summed E-state index contributed by atoms with van der Waals surface area (Å²) in [7, 11) is 1.54. The van der Waals surface area contributed by atoms with Crippen molar-refractivity contribution in [3.05, 3.63) is 101 Å². The van der Waals surface area contributed by atoms with Crippen LogP contribution in [0, 0.1) is 0 Å². The van der Waals surface area contributed by atoms with Crippen LogP contribution in [0.15, 0.2) is 78.9 Å². The third-order valence-electron chi connectivity index (χ3n) is 7.33. The number of hydrogen-bond acceptors (Lipinski definition) is 5. The highest BCUT2D eigenvalue weighted by Gasteiger charge is 2.54. The molecule has 2 heterocycles. The van der Waals surface area contributed by atoms with Gasteiger partial charge in [-0.3, -0.25) is 19.3 Å². The van der Waals surface area contributed by atoms with Crippen LogP contribution in [0.4, 0.5) is 0 Å². The Morgan fingerprint density at radius 3 is 2.36 bits per heavy atom. The first-order chi connectivity index (χ1) is 18.9. The molecule has 2 fully saturated rings. The van der Waals surface area contributed by atoms with Crippen molar-refractivity contribution in [3.63, 3.8) is 0 Å². The molecule has 8 nitrogen and oxygen atoms in total. The van der Waals surface area contributed by atoms with Crippen LogP contribution in [0.1, 0.15) is 39.1 Å². The summed E-state index contributed by atoms with van der Waals surface area (Å²) in [4.78, 5) is 43.8. The van der Waals surface area contributed by atoms with Crippen molar-refractivity contribution in [3.8, 4) is 5.75 Å². The van der Waals surface area contributed by atoms with Crippen molar-refractivity contribution in [2.24, 2.45) is 0 Å². The van der Waals surface area contributed by atoms with Gasteiger partial charge in [-0.15, -0.1) is 0 Å². The molecule has 1 atom stereocenters. The van der Waals surface area contributed by atoms with Crippen LogP contribution in [0.25, 0.3) is 0 Å². The second kappa shape index (κ2) is 11.5. The van der Waals surface area contributed by atoms with Crippen molar-refractivity contribution in [2.75, 3.05) is 26.8 Å². The average molecular weight is 548 g/mol. The molecule has 1 spiro atoms. The van der Waals surface area contributed by atoms with E-state index in [1.54, 1.807) is 58.3 Å². The molecule has 3 amide bonds. The van der Waals surface area contributed by atoms with E-state index in [0.29, 0.717) is 54.4 Å². The predicted octanol–water partition coefficient (Wildman–Crippen LogP) is 4.14. The maximum atomic E-state index is 14.0. The molecule has 39 heavy (non-hydrogen) atoms. The highest BCUT2D eigenvalue weighted by molar-refractivity contribution is 6.30. The average Bonchev–Trinajstić information content (AvgIpc) is 3.34. The number of methoxy groups -OCH3 is 1. The van der Waals surface area contributed by atoms with Crippen molar-refractivity contribution in [1.82, 2.24) is 15.1 Å². The monoisotopic (exact) mass is 547 g/mol. The van der Waals surface area contributed by atoms with E-state index in [4.69, 9.17) is 21.1 Å². The molecule has 0 radical (unpaired) electrons. The number of likely N-dealkylation sites (tertiary alicyclic amines) is 1. The molecule has 3 aromatic rings. The Bertz CT molecular complexity index is 1340. The maximum absolute atomic E-state index is 14.0. The van der Waals surface area contributed by atoms with E-state index in [1.807, 2.05) is 30.3 Å². The van der Waals surface area contributed by atoms with Gasteiger partial charge in [0.2, 0.25) is 5.91 Å². The van der Waals surface area contributed by atoms with Crippen molar-refractivity contribution in [1.29, 1.82) is 0 Å². The first-order valence-corrected chi connectivity index (χ1v) is 13.3. The van der Waals surface area contributed by atoms with Gasteiger partial charge in [0, 0.05) is 48.6 Å². The van der Waals surface area contributed by atoms with E-state index >= 15 is 0 Å². The number of rotatable bonds is 6. The number of benzene rings is 3. The van der Waals surface area contributed by atoms with E-state index in [2.05, 4.69) is 5.32 Å². The molecule has 0 bridgehead atoms.